The van der Waals surface area contributed by atoms with Crippen molar-refractivity contribution in [2.24, 2.45) is 0 Å². The fourth-order valence-electron chi connectivity index (χ4n) is 1.83. The lowest BCUT2D eigenvalue weighted by Crippen LogP contribution is -2.07. The summed E-state index contributed by atoms with van der Waals surface area (Å²) in [4.78, 5) is 23.0. The SMILES string of the molecule is CCOC(=O)c1n[nH]nc1-c1ccc(OC)c(OC(C)=O)c1. The van der Waals surface area contributed by atoms with E-state index >= 15 is 0 Å². The molecule has 2 rings (SSSR count). The van der Waals surface area contributed by atoms with Gasteiger partial charge in [0.25, 0.3) is 0 Å². The second-order valence-corrected chi connectivity index (χ2v) is 4.20. The summed E-state index contributed by atoms with van der Waals surface area (Å²) in [6.07, 6.45) is 0. The topological polar surface area (TPSA) is 103 Å². The van der Waals surface area contributed by atoms with Crippen LogP contribution < -0.4 is 9.47 Å². The van der Waals surface area contributed by atoms with Gasteiger partial charge in [-0.2, -0.15) is 10.3 Å². The standard InChI is InChI=1S/C14H15N3O5/c1-4-21-14(19)13-12(15-17-16-13)9-5-6-10(20-3)11(7-9)22-8(2)18/h5-7H,4H2,1-3H3,(H,15,16,17). The Morgan fingerprint density at radius 3 is 2.64 bits per heavy atom. The molecule has 0 aliphatic carbocycles. The number of aromatic nitrogens is 3. The van der Waals surface area contributed by atoms with Crippen LogP contribution in [-0.4, -0.2) is 41.1 Å². The smallest absolute Gasteiger partial charge is 0.361 e. The van der Waals surface area contributed by atoms with Crippen molar-refractivity contribution in [1.29, 1.82) is 0 Å². The van der Waals surface area contributed by atoms with E-state index in [0.717, 1.165) is 0 Å². The number of ether oxygens (including phenoxy) is 3. The molecule has 1 aromatic carbocycles. The molecule has 2 aromatic rings. The van der Waals surface area contributed by atoms with E-state index in [2.05, 4.69) is 15.4 Å². The molecule has 0 fully saturated rings. The molecular formula is C14H15N3O5. The van der Waals surface area contributed by atoms with Gasteiger partial charge in [-0.3, -0.25) is 4.79 Å². The number of carbonyl (C=O) groups excluding carboxylic acids is 2. The highest BCUT2D eigenvalue weighted by Crippen LogP contribution is 2.32. The molecule has 0 radical (unpaired) electrons. The van der Waals surface area contributed by atoms with Crippen LogP contribution in [0.5, 0.6) is 11.5 Å². The second kappa shape index (κ2) is 6.70. The first-order valence-electron chi connectivity index (χ1n) is 6.51. The Hall–Kier alpha value is -2.90. The van der Waals surface area contributed by atoms with Gasteiger partial charge in [-0.15, -0.1) is 5.10 Å². The molecule has 0 amide bonds. The van der Waals surface area contributed by atoms with E-state index in [1.54, 1.807) is 25.1 Å². The fourth-order valence-corrected chi connectivity index (χ4v) is 1.83. The lowest BCUT2D eigenvalue weighted by Gasteiger charge is -2.09. The minimum absolute atomic E-state index is 0.0563. The first-order chi connectivity index (χ1) is 10.6. The van der Waals surface area contributed by atoms with Crippen molar-refractivity contribution < 1.29 is 23.8 Å². The summed E-state index contributed by atoms with van der Waals surface area (Å²) >= 11 is 0. The lowest BCUT2D eigenvalue weighted by atomic mass is 10.1. The highest BCUT2D eigenvalue weighted by atomic mass is 16.6. The number of hydrogen-bond acceptors (Lipinski definition) is 7. The summed E-state index contributed by atoms with van der Waals surface area (Å²) in [7, 11) is 1.46. The van der Waals surface area contributed by atoms with Crippen molar-refractivity contribution in [3.8, 4) is 22.8 Å². The fraction of sp³-hybridized carbons (Fsp3) is 0.286. The molecule has 0 unspecified atom stereocenters. The van der Waals surface area contributed by atoms with E-state index in [9.17, 15) is 9.59 Å². The highest BCUT2D eigenvalue weighted by Gasteiger charge is 2.20. The summed E-state index contributed by atoms with van der Waals surface area (Å²) in [5.74, 6) is -0.456. The van der Waals surface area contributed by atoms with Gasteiger partial charge in [-0.05, 0) is 25.1 Å². The van der Waals surface area contributed by atoms with Crippen LogP contribution in [0.15, 0.2) is 18.2 Å². The number of hydrogen-bond donors (Lipinski definition) is 1. The van der Waals surface area contributed by atoms with E-state index < -0.39 is 11.9 Å². The molecule has 1 N–H and O–H groups in total. The van der Waals surface area contributed by atoms with Crippen molar-refractivity contribution in [3.05, 3.63) is 23.9 Å². The maximum absolute atomic E-state index is 11.8. The molecule has 0 spiro atoms. The number of rotatable bonds is 5. The molecule has 0 saturated heterocycles. The predicted molar refractivity (Wildman–Crippen MR) is 75.6 cm³/mol. The van der Waals surface area contributed by atoms with Crippen molar-refractivity contribution in [2.45, 2.75) is 13.8 Å². The Morgan fingerprint density at radius 2 is 2.00 bits per heavy atom. The molecule has 22 heavy (non-hydrogen) atoms. The Labute approximate surface area is 126 Å². The molecule has 0 aliphatic rings. The Bertz CT molecular complexity index is 696. The minimum atomic E-state index is -0.587. The Kier molecular flexibility index (Phi) is 4.72. The normalized spacial score (nSPS) is 10.1. The zero-order valence-electron chi connectivity index (χ0n) is 12.4. The number of esters is 2. The van der Waals surface area contributed by atoms with Crippen molar-refractivity contribution >= 4 is 11.9 Å². The van der Waals surface area contributed by atoms with Crippen molar-refractivity contribution in [3.63, 3.8) is 0 Å². The molecule has 1 aromatic heterocycles. The first-order valence-corrected chi connectivity index (χ1v) is 6.51. The van der Waals surface area contributed by atoms with E-state index in [1.165, 1.54) is 14.0 Å². The molecule has 1 heterocycles. The highest BCUT2D eigenvalue weighted by molar-refractivity contribution is 5.94. The van der Waals surface area contributed by atoms with Crippen molar-refractivity contribution in [2.75, 3.05) is 13.7 Å². The molecule has 116 valence electrons. The van der Waals surface area contributed by atoms with E-state index in [-0.39, 0.29) is 18.1 Å². The number of methoxy groups -OCH3 is 1. The number of nitrogens with one attached hydrogen (secondary N) is 1. The van der Waals surface area contributed by atoms with Crippen LogP contribution in [0.25, 0.3) is 11.3 Å². The quantitative estimate of drug-likeness (QED) is 0.660. The lowest BCUT2D eigenvalue weighted by molar-refractivity contribution is -0.132. The third kappa shape index (κ3) is 3.22. The predicted octanol–water partition coefficient (Wildman–Crippen LogP) is 1.58. The van der Waals surface area contributed by atoms with Crippen LogP contribution >= 0.6 is 0 Å². The van der Waals surface area contributed by atoms with Gasteiger partial charge in [0.1, 0.15) is 5.69 Å². The van der Waals surface area contributed by atoms with Crippen LogP contribution in [0.1, 0.15) is 24.3 Å². The minimum Gasteiger partial charge on any atom is -0.493 e. The van der Waals surface area contributed by atoms with Gasteiger partial charge in [0.2, 0.25) is 0 Å². The van der Waals surface area contributed by atoms with Crippen LogP contribution in [0.4, 0.5) is 0 Å². The van der Waals surface area contributed by atoms with Crippen molar-refractivity contribution in [1.82, 2.24) is 15.4 Å². The number of nitrogens with zero attached hydrogens (tertiary/aromatic N) is 2. The summed E-state index contributed by atoms with van der Waals surface area (Å²) < 4.78 is 15.1. The third-order valence-corrected chi connectivity index (χ3v) is 2.71. The van der Waals surface area contributed by atoms with Gasteiger partial charge in [-0.1, -0.05) is 0 Å². The monoisotopic (exact) mass is 305 g/mol. The third-order valence-electron chi connectivity index (χ3n) is 2.71. The van der Waals surface area contributed by atoms with Gasteiger partial charge in [0.05, 0.1) is 13.7 Å². The summed E-state index contributed by atoms with van der Waals surface area (Å²) in [5.41, 5.74) is 0.893. The number of aromatic amines is 1. The zero-order valence-corrected chi connectivity index (χ0v) is 12.4. The van der Waals surface area contributed by atoms with Crippen LogP contribution in [-0.2, 0) is 9.53 Å². The maximum Gasteiger partial charge on any atom is 0.361 e. The maximum atomic E-state index is 11.8. The van der Waals surface area contributed by atoms with E-state index in [1.807, 2.05) is 0 Å². The number of H-pyrrole nitrogens is 1. The Balaban J connectivity index is 2.43. The average Bonchev–Trinajstić information content (AvgIpc) is 2.96. The molecule has 0 bridgehead atoms. The average molecular weight is 305 g/mol. The van der Waals surface area contributed by atoms with Gasteiger partial charge in [0, 0.05) is 12.5 Å². The molecule has 0 atom stereocenters. The zero-order chi connectivity index (χ0) is 16.1. The molecule has 0 saturated carbocycles. The Morgan fingerprint density at radius 1 is 1.23 bits per heavy atom. The van der Waals surface area contributed by atoms with E-state index in [0.29, 0.717) is 17.0 Å². The second-order valence-electron chi connectivity index (χ2n) is 4.20. The summed E-state index contributed by atoms with van der Waals surface area (Å²) in [6.45, 7) is 3.21. The van der Waals surface area contributed by atoms with Gasteiger partial charge < -0.3 is 14.2 Å². The molecule has 0 aliphatic heterocycles. The van der Waals surface area contributed by atoms with Crippen LogP contribution in [0, 0.1) is 0 Å². The number of carbonyl (C=O) groups is 2. The summed E-state index contributed by atoms with van der Waals surface area (Å²) in [6, 6.07) is 4.82. The van der Waals surface area contributed by atoms with Crippen LogP contribution in [0.3, 0.4) is 0 Å². The van der Waals surface area contributed by atoms with Gasteiger partial charge in [-0.25, -0.2) is 4.79 Å². The van der Waals surface area contributed by atoms with Crippen LogP contribution in [0.2, 0.25) is 0 Å². The number of benzene rings is 1. The first kappa shape index (κ1) is 15.5. The molecule has 8 heteroatoms. The van der Waals surface area contributed by atoms with E-state index in [4.69, 9.17) is 14.2 Å². The summed E-state index contributed by atoms with van der Waals surface area (Å²) in [5, 5.41) is 10.1. The molecular weight excluding hydrogens is 290 g/mol. The van der Waals surface area contributed by atoms with Gasteiger partial charge >= 0.3 is 11.9 Å². The molecule has 8 nitrogen and oxygen atoms in total. The largest absolute Gasteiger partial charge is 0.493 e. The van der Waals surface area contributed by atoms with Gasteiger partial charge in [0.15, 0.2) is 17.2 Å².